The second-order valence-corrected chi connectivity index (χ2v) is 18.3. The smallest absolute Gasteiger partial charge is 0.334 e. The fraction of sp³-hybridized carbons (Fsp3) is 0.750. The van der Waals surface area contributed by atoms with E-state index in [9.17, 15) is 14.4 Å². The minimum Gasteiger partial charge on any atom is -0.462 e. The molecular weight excluding hydrogens is 635 g/mol. The van der Waals surface area contributed by atoms with Crippen LogP contribution in [0.4, 0.5) is 0 Å². The SMILES string of the molecule is CC=C(C)C(=O)O[C@@]1(C)CC=C2CSS[C@H]3C=C[C@H]4CN(C(=O)CC5C[NH2+]C(N)CC5[C@H]2[C@@]12CC1CC5CCC(=O)OC5CC1O2)[C@H]34. The van der Waals surface area contributed by atoms with E-state index in [0.29, 0.717) is 48.3 Å². The lowest BCUT2D eigenvalue weighted by atomic mass is 9.56. The molecule has 8 rings (SSSR count). The number of amides is 1. The number of rotatable bonds is 2. The minimum atomic E-state index is -0.916. The molecule has 0 radical (unpaired) electrons. The number of esters is 2. The molecule has 0 aromatic carbocycles. The normalized spacial score (nSPS) is 47.6. The quantitative estimate of drug-likeness (QED) is 0.195. The summed E-state index contributed by atoms with van der Waals surface area (Å²) in [4.78, 5) is 42.1. The second-order valence-electron chi connectivity index (χ2n) is 15.8. The number of ether oxygens (including phenoxy) is 3. The molecule has 13 atom stereocenters. The summed E-state index contributed by atoms with van der Waals surface area (Å²) in [7, 11) is 3.78. The number of hydrogen-bond donors (Lipinski definition) is 2. The zero-order valence-corrected chi connectivity index (χ0v) is 29.4. The summed E-state index contributed by atoms with van der Waals surface area (Å²) in [5, 5.41) is 2.51. The number of hydrogen-bond acceptors (Lipinski definition) is 9. The van der Waals surface area contributed by atoms with Crippen molar-refractivity contribution in [1.29, 1.82) is 0 Å². The maximum Gasteiger partial charge on any atom is 0.334 e. The van der Waals surface area contributed by atoms with E-state index in [-0.39, 0.29) is 65.9 Å². The lowest BCUT2D eigenvalue weighted by Crippen LogP contribution is -2.96. The number of piperidine rings is 1. The molecular formula is C36H50N3O6S2+. The van der Waals surface area contributed by atoms with Crippen LogP contribution in [-0.4, -0.2) is 82.5 Å². The van der Waals surface area contributed by atoms with Gasteiger partial charge in [0.1, 0.15) is 23.5 Å². The number of allylic oxidation sites excluding steroid dienone is 1. The van der Waals surface area contributed by atoms with Gasteiger partial charge in [0.2, 0.25) is 5.91 Å². The molecule has 11 heteroatoms. The zero-order valence-electron chi connectivity index (χ0n) is 27.8. The summed E-state index contributed by atoms with van der Waals surface area (Å²) >= 11 is 0. The van der Waals surface area contributed by atoms with E-state index < -0.39 is 11.2 Å². The van der Waals surface area contributed by atoms with Gasteiger partial charge in [0.25, 0.3) is 0 Å². The third kappa shape index (κ3) is 5.36. The first-order valence-corrected chi connectivity index (χ1v) is 20.2. The number of carbonyl (C=O) groups excluding carboxylic acids is 3. The van der Waals surface area contributed by atoms with Gasteiger partial charge in [0, 0.05) is 67.7 Å². The van der Waals surface area contributed by atoms with E-state index in [2.05, 4.69) is 35.4 Å². The van der Waals surface area contributed by atoms with Crippen molar-refractivity contribution >= 4 is 39.4 Å². The highest BCUT2D eigenvalue weighted by atomic mass is 33.1. The lowest BCUT2D eigenvalue weighted by Gasteiger charge is -2.56. The second kappa shape index (κ2) is 12.2. The topological polar surface area (TPSA) is 125 Å². The molecule has 1 amide bonds. The van der Waals surface area contributed by atoms with Crippen molar-refractivity contribution in [3.8, 4) is 0 Å². The minimum absolute atomic E-state index is 0.0562. The summed E-state index contributed by atoms with van der Waals surface area (Å²) in [5.41, 5.74) is 6.98. The Hall–Kier alpha value is -1.79. The Kier molecular flexibility index (Phi) is 8.42. The maximum absolute atomic E-state index is 14.1. The van der Waals surface area contributed by atoms with Gasteiger partial charge in [-0.05, 0) is 57.8 Å². The van der Waals surface area contributed by atoms with Gasteiger partial charge >= 0.3 is 11.9 Å². The van der Waals surface area contributed by atoms with Gasteiger partial charge in [-0.15, -0.1) is 0 Å². The van der Waals surface area contributed by atoms with Crippen LogP contribution in [0, 0.1) is 35.5 Å². The van der Waals surface area contributed by atoms with Gasteiger partial charge in [0.15, 0.2) is 0 Å². The maximum atomic E-state index is 14.1. The van der Waals surface area contributed by atoms with Crippen molar-refractivity contribution in [2.45, 2.75) is 113 Å². The molecule has 47 heavy (non-hydrogen) atoms. The Bertz CT molecular complexity index is 1420. The van der Waals surface area contributed by atoms with Gasteiger partial charge in [-0.25, -0.2) is 4.79 Å². The Labute approximate surface area is 286 Å². The zero-order chi connectivity index (χ0) is 32.7. The van der Waals surface area contributed by atoms with Crippen LogP contribution < -0.4 is 11.1 Å². The fourth-order valence-electron chi connectivity index (χ4n) is 10.6. The molecule has 5 saturated heterocycles. The lowest BCUT2D eigenvalue weighted by molar-refractivity contribution is -0.706. The molecule has 9 nitrogen and oxygen atoms in total. The Morgan fingerprint density at radius 1 is 1.17 bits per heavy atom. The average molecular weight is 685 g/mol. The molecule has 0 aromatic rings. The van der Waals surface area contributed by atoms with Gasteiger partial charge in [-0.2, -0.15) is 0 Å². The van der Waals surface area contributed by atoms with E-state index in [1.807, 2.05) is 41.5 Å². The van der Waals surface area contributed by atoms with Crippen LogP contribution in [0.25, 0.3) is 0 Å². The first-order valence-electron chi connectivity index (χ1n) is 17.9. The van der Waals surface area contributed by atoms with Crippen LogP contribution in [0.5, 0.6) is 0 Å². The van der Waals surface area contributed by atoms with E-state index in [0.717, 1.165) is 44.5 Å². The van der Waals surface area contributed by atoms with Crippen molar-refractivity contribution < 1.29 is 33.9 Å². The molecule has 0 bridgehead atoms. The number of quaternary nitrogens is 1. The third-order valence-electron chi connectivity index (χ3n) is 13.2. The van der Waals surface area contributed by atoms with Crippen molar-refractivity contribution in [2.24, 2.45) is 41.2 Å². The van der Waals surface area contributed by atoms with Crippen LogP contribution in [0.1, 0.15) is 72.1 Å². The third-order valence-corrected chi connectivity index (χ3v) is 15.9. The number of nitrogens with zero attached hydrogens (tertiary/aromatic N) is 1. The van der Waals surface area contributed by atoms with Crippen LogP contribution in [0.2, 0.25) is 0 Å². The number of fused-ring (bicyclic) bond motifs is 6. The molecule has 3 aliphatic carbocycles. The highest BCUT2D eigenvalue weighted by Gasteiger charge is 2.68. The van der Waals surface area contributed by atoms with Crippen molar-refractivity contribution in [3.05, 3.63) is 35.5 Å². The summed E-state index contributed by atoms with van der Waals surface area (Å²) in [6.45, 7) is 7.38. The predicted octanol–water partition coefficient (Wildman–Crippen LogP) is 3.50. The Morgan fingerprint density at radius 2 is 2.02 bits per heavy atom. The van der Waals surface area contributed by atoms with Crippen LogP contribution in [0.15, 0.2) is 35.5 Å². The van der Waals surface area contributed by atoms with Crippen LogP contribution in [0.3, 0.4) is 0 Å². The van der Waals surface area contributed by atoms with Crippen molar-refractivity contribution in [1.82, 2.24) is 4.90 Å². The van der Waals surface area contributed by atoms with Gasteiger partial charge in [-0.3, -0.25) is 15.3 Å². The molecule has 5 heterocycles. The molecule has 8 aliphatic rings. The summed E-state index contributed by atoms with van der Waals surface area (Å²) < 4.78 is 20.1. The summed E-state index contributed by atoms with van der Waals surface area (Å²) in [6, 6.07) is 0.270. The molecule has 6 fully saturated rings. The highest BCUT2D eigenvalue weighted by molar-refractivity contribution is 8.77. The standard InChI is InChI=1S/C36H49N3O6S2/c1-4-19(2)34(42)45-35(3)10-9-22-18-46-47-28-7-5-21-17-39(33(21)28)30(40)12-24-16-38-29(37)13-25(24)32(22)36(35)15-23-11-20-6-8-31(41)43-26(20)14-27(23)44-36/h4-5,7,9,20-21,23-29,32-33,38H,6,8,10-18,37H2,1-3H3/p+1/t20?,21-,23?,24?,25?,26?,27?,28-,29?,32-,33-,35-,36-/m0/s1. The van der Waals surface area contributed by atoms with Crippen molar-refractivity contribution in [3.63, 3.8) is 0 Å². The van der Waals surface area contributed by atoms with Gasteiger partial charge < -0.3 is 24.4 Å². The molecule has 1 saturated carbocycles. The van der Waals surface area contributed by atoms with Crippen LogP contribution >= 0.6 is 21.6 Å². The van der Waals surface area contributed by atoms with E-state index in [1.54, 1.807) is 0 Å². The highest BCUT2D eigenvalue weighted by Crippen LogP contribution is 2.62. The predicted molar refractivity (Wildman–Crippen MR) is 181 cm³/mol. The monoisotopic (exact) mass is 684 g/mol. The van der Waals surface area contributed by atoms with Crippen molar-refractivity contribution in [2.75, 3.05) is 18.8 Å². The molecule has 7 unspecified atom stereocenters. The molecule has 256 valence electrons. The summed E-state index contributed by atoms with van der Waals surface area (Å²) in [5.74, 6) is 1.96. The van der Waals surface area contributed by atoms with Gasteiger partial charge in [0.05, 0.1) is 23.9 Å². The molecule has 5 aliphatic heterocycles. The molecule has 1 spiro atoms. The van der Waals surface area contributed by atoms with E-state index >= 15 is 0 Å². The van der Waals surface area contributed by atoms with Gasteiger partial charge in [-0.1, -0.05) is 51.5 Å². The first-order chi connectivity index (χ1) is 22.6. The molecule has 0 aromatic heterocycles. The van der Waals surface area contributed by atoms with Crippen LogP contribution in [-0.2, 0) is 28.6 Å². The first kappa shape index (κ1) is 32.4. The van der Waals surface area contributed by atoms with E-state index in [1.165, 1.54) is 5.57 Å². The van der Waals surface area contributed by atoms with E-state index in [4.69, 9.17) is 19.9 Å². The summed E-state index contributed by atoms with van der Waals surface area (Å²) in [6.07, 6.45) is 14.1. The number of carbonyl (C=O) groups is 3. The Balaban J connectivity index is 1.21. The average Bonchev–Trinajstić information content (AvgIpc) is 3.55. The fourth-order valence-corrected chi connectivity index (χ4v) is 13.5. The Morgan fingerprint density at radius 3 is 2.85 bits per heavy atom. The largest absolute Gasteiger partial charge is 0.462 e. The molecule has 4 N–H and O–H groups in total. The number of nitrogens with two attached hydrogens (primary N) is 2.